The predicted molar refractivity (Wildman–Crippen MR) is 55.7 cm³/mol. The summed E-state index contributed by atoms with van der Waals surface area (Å²) in [7, 11) is 0. The Hall–Kier alpha value is -1.16. The van der Waals surface area contributed by atoms with Gasteiger partial charge in [-0.05, 0) is 13.3 Å². The number of ether oxygens (including phenoxy) is 1. The number of rotatable bonds is 5. The Morgan fingerprint density at radius 3 is 2.50 bits per heavy atom. The Morgan fingerprint density at radius 2 is 2.00 bits per heavy atom. The number of anilines is 1. The first-order valence-corrected chi connectivity index (χ1v) is 4.97. The van der Waals surface area contributed by atoms with Gasteiger partial charge < -0.3 is 10.5 Å². The van der Waals surface area contributed by atoms with E-state index in [-0.39, 0.29) is 6.10 Å². The first-order valence-electron chi connectivity index (χ1n) is 4.97. The molecule has 14 heavy (non-hydrogen) atoms. The summed E-state index contributed by atoms with van der Waals surface area (Å²) >= 11 is 0. The number of aromatic nitrogens is 2. The summed E-state index contributed by atoms with van der Waals surface area (Å²) in [6, 6.07) is 0. The Morgan fingerprint density at radius 1 is 1.36 bits per heavy atom. The van der Waals surface area contributed by atoms with E-state index in [0.29, 0.717) is 12.3 Å². The molecule has 1 unspecified atom stereocenters. The highest BCUT2D eigenvalue weighted by atomic mass is 16.5. The second-order valence-corrected chi connectivity index (χ2v) is 3.11. The SMILES string of the molecule is CCCC(OCC)c1ncc(N)cn1. The first kappa shape index (κ1) is 10.9. The van der Waals surface area contributed by atoms with Crippen molar-refractivity contribution in [3.05, 3.63) is 18.2 Å². The normalized spacial score (nSPS) is 12.7. The zero-order chi connectivity index (χ0) is 10.4. The molecule has 0 bridgehead atoms. The largest absolute Gasteiger partial charge is 0.396 e. The van der Waals surface area contributed by atoms with Gasteiger partial charge in [0.1, 0.15) is 6.10 Å². The molecule has 1 heterocycles. The van der Waals surface area contributed by atoms with Crippen LogP contribution in [-0.4, -0.2) is 16.6 Å². The predicted octanol–water partition coefficient (Wildman–Crippen LogP) is 1.94. The molecule has 4 heteroatoms. The lowest BCUT2D eigenvalue weighted by molar-refractivity contribution is 0.0494. The quantitative estimate of drug-likeness (QED) is 0.780. The molecule has 0 aromatic carbocycles. The summed E-state index contributed by atoms with van der Waals surface area (Å²) < 4.78 is 5.54. The van der Waals surface area contributed by atoms with Gasteiger partial charge in [-0.3, -0.25) is 0 Å². The Bertz CT molecular complexity index is 255. The third-order valence-corrected chi connectivity index (χ3v) is 1.90. The van der Waals surface area contributed by atoms with E-state index in [0.717, 1.165) is 18.7 Å². The van der Waals surface area contributed by atoms with Crippen LogP contribution in [0, 0.1) is 0 Å². The summed E-state index contributed by atoms with van der Waals surface area (Å²) in [5.41, 5.74) is 6.09. The number of nitrogens with two attached hydrogens (primary N) is 1. The van der Waals surface area contributed by atoms with E-state index in [1.54, 1.807) is 12.4 Å². The molecule has 2 N–H and O–H groups in total. The molecule has 0 aliphatic heterocycles. The molecule has 78 valence electrons. The fourth-order valence-corrected chi connectivity index (χ4v) is 1.26. The fraction of sp³-hybridized carbons (Fsp3) is 0.600. The molecule has 1 atom stereocenters. The Balaban J connectivity index is 2.71. The van der Waals surface area contributed by atoms with Crippen LogP contribution in [0.2, 0.25) is 0 Å². The van der Waals surface area contributed by atoms with Crippen LogP contribution in [0.25, 0.3) is 0 Å². The maximum atomic E-state index is 5.54. The van der Waals surface area contributed by atoms with Crippen LogP contribution in [0.1, 0.15) is 38.6 Å². The van der Waals surface area contributed by atoms with Crippen molar-refractivity contribution in [2.75, 3.05) is 12.3 Å². The summed E-state index contributed by atoms with van der Waals surface area (Å²) in [6.45, 7) is 4.77. The van der Waals surface area contributed by atoms with Crippen molar-refractivity contribution >= 4 is 5.69 Å². The van der Waals surface area contributed by atoms with Crippen molar-refractivity contribution in [3.8, 4) is 0 Å². The van der Waals surface area contributed by atoms with E-state index < -0.39 is 0 Å². The van der Waals surface area contributed by atoms with Crippen molar-refractivity contribution in [1.82, 2.24) is 9.97 Å². The zero-order valence-corrected chi connectivity index (χ0v) is 8.73. The standard InChI is InChI=1S/C10H17N3O/c1-3-5-9(14-4-2)10-12-6-8(11)7-13-10/h6-7,9H,3-5,11H2,1-2H3. The molecule has 0 amide bonds. The fourth-order valence-electron chi connectivity index (χ4n) is 1.26. The lowest BCUT2D eigenvalue weighted by Gasteiger charge is -2.14. The molecule has 0 saturated carbocycles. The molecule has 0 radical (unpaired) electrons. The van der Waals surface area contributed by atoms with Crippen LogP contribution in [-0.2, 0) is 4.74 Å². The van der Waals surface area contributed by atoms with Gasteiger partial charge in [0.2, 0.25) is 0 Å². The van der Waals surface area contributed by atoms with Crippen LogP contribution in [0.3, 0.4) is 0 Å². The molecular weight excluding hydrogens is 178 g/mol. The van der Waals surface area contributed by atoms with Crippen LogP contribution in [0.15, 0.2) is 12.4 Å². The Labute approximate surface area is 84.5 Å². The smallest absolute Gasteiger partial charge is 0.157 e. The average Bonchev–Trinajstić information content (AvgIpc) is 2.19. The van der Waals surface area contributed by atoms with Crippen LogP contribution >= 0.6 is 0 Å². The minimum absolute atomic E-state index is 0.00519. The van der Waals surface area contributed by atoms with Crippen LogP contribution < -0.4 is 5.73 Å². The molecule has 1 aromatic heterocycles. The summed E-state index contributed by atoms with van der Waals surface area (Å²) in [6.07, 6.45) is 5.23. The van der Waals surface area contributed by atoms with Crippen LogP contribution in [0.4, 0.5) is 5.69 Å². The van der Waals surface area contributed by atoms with E-state index in [1.165, 1.54) is 0 Å². The van der Waals surface area contributed by atoms with Crippen molar-refractivity contribution in [2.24, 2.45) is 0 Å². The van der Waals surface area contributed by atoms with E-state index in [4.69, 9.17) is 10.5 Å². The highest BCUT2D eigenvalue weighted by Gasteiger charge is 2.12. The molecule has 1 aromatic rings. The minimum Gasteiger partial charge on any atom is -0.396 e. The van der Waals surface area contributed by atoms with Gasteiger partial charge in [-0.1, -0.05) is 13.3 Å². The van der Waals surface area contributed by atoms with E-state index in [2.05, 4.69) is 16.9 Å². The summed E-state index contributed by atoms with van der Waals surface area (Å²) in [4.78, 5) is 8.31. The lowest BCUT2D eigenvalue weighted by Crippen LogP contribution is -2.08. The van der Waals surface area contributed by atoms with Crippen molar-refractivity contribution < 1.29 is 4.74 Å². The lowest BCUT2D eigenvalue weighted by atomic mass is 10.2. The van der Waals surface area contributed by atoms with Crippen molar-refractivity contribution in [2.45, 2.75) is 32.8 Å². The topological polar surface area (TPSA) is 61.0 Å². The van der Waals surface area contributed by atoms with E-state index >= 15 is 0 Å². The molecule has 4 nitrogen and oxygen atoms in total. The van der Waals surface area contributed by atoms with Gasteiger partial charge in [-0.2, -0.15) is 0 Å². The maximum absolute atomic E-state index is 5.54. The van der Waals surface area contributed by atoms with E-state index in [1.807, 2.05) is 6.92 Å². The van der Waals surface area contributed by atoms with Gasteiger partial charge in [0.25, 0.3) is 0 Å². The number of hydrogen-bond acceptors (Lipinski definition) is 4. The first-order chi connectivity index (χ1) is 6.77. The number of hydrogen-bond donors (Lipinski definition) is 1. The van der Waals surface area contributed by atoms with Gasteiger partial charge in [-0.15, -0.1) is 0 Å². The molecule has 1 rings (SSSR count). The maximum Gasteiger partial charge on any atom is 0.157 e. The van der Waals surface area contributed by atoms with Gasteiger partial charge >= 0.3 is 0 Å². The molecule has 0 fully saturated rings. The van der Waals surface area contributed by atoms with Gasteiger partial charge in [-0.25, -0.2) is 9.97 Å². The summed E-state index contributed by atoms with van der Waals surface area (Å²) in [5.74, 6) is 0.725. The zero-order valence-electron chi connectivity index (χ0n) is 8.73. The van der Waals surface area contributed by atoms with Gasteiger partial charge in [0, 0.05) is 6.61 Å². The minimum atomic E-state index is 0.00519. The van der Waals surface area contributed by atoms with Crippen molar-refractivity contribution in [1.29, 1.82) is 0 Å². The van der Waals surface area contributed by atoms with Gasteiger partial charge in [0.15, 0.2) is 5.82 Å². The second-order valence-electron chi connectivity index (χ2n) is 3.11. The van der Waals surface area contributed by atoms with Crippen LogP contribution in [0.5, 0.6) is 0 Å². The molecule has 0 saturated heterocycles. The highest BCUT2D eigenvalue weighted by molar-refractivity contribution is 5.30. The molecule has 0 aliphatic carbocycles. The highest BCUT2D eigenvalue weighted by Crippen LogP contribution is 2.18. The average molecular weight is 195 g/mol. The number of nitrogen functional groups attached to an aromatic ring is 1. The third kappa shape index (κ3) is 2.96. The molecule has 0 spiro atoms. The second kappa shape index (κ2) is 5.54. The van der Waals surface area contributed by atoms with Crippen molar-refractivity contribution in [3.63, 3.8) is 0 Å². The summed E-state index contributed by atoms with van der Waals surface area (Å²) in [5, 5.41) is 0. The monoisotopic (exact) mass is 195 g/mol. The Kier molecular flexibility index (Phi) is 4.32. The van der Waals surface area contributed by atoms with E-state index in [9.17, 15) is 0 Å². The third-order valence-electron chi connectivity index (χ3n) is 1.90. The molecular formula is C10H17N3O. The van der Waals surface area contributed by atoms with Gasteiger partial charge in [0.05, 0.1) is 18.1 Å². The number of nitrogens with zero attached hydrogens (tertiary/aromatic N) is 2. The molecule has 0 aliphatic rings.